The summed E-state index contributed by atoms with van der Waals surface area (Å²) in [6, 6.07) is 16.3. The average Bonchev–Trinajstić information content (AvgIpc) is 2.87. The molecule has 0 aliphatic heterocycles. The van der Waals surface area contributed by atoms with E-state index in [9.17, 15) is 25.5 Å². The first-order chi connectivity index (χ1) is 16.6. The van der Waals surface area contributed by atoms with Crippen LogP contribution in [0.4, 0.5) is 0 Å². The lowest BCUT2D eigenvalue weighted by atomic mass is 9.79. The van der Waals surface area contributed by atoms with Crippen LogP contribution in [0.15, 0.2) is 54.6 Å². The van der Waals surface area contributed by atoms with Gasteiger partial charge in [-0.05, 0) is 63.9 Å². The van der Waals surface area contributed by atoms with E-state index in [0.29, 0.717) is 38.6 Å². The fraction of sp³-hybridized carbons (Fsp3) is 0.0714. The molecule has 0 saturated heterocycles. The molecule has 5 aromatic carbocycles. The number of benzene rings is 5. The van der Waals surface area contributed by atoms with E-state index in [2.05, 4.69) is 0 Å². The minimum atomic E-state index is -0.606. The Kier molecular flexibility index (Phi) is 5.09. The van der Waals surface area contributed by atoms with E-state index < -0.39 is 17.2 Å². The predicted octanol–water partition coefficient (Wildman–Crippen LogP) is 4.06. The molecule has 4 radical (unpaired) electrons. The Morgan fingerprint density at radius 1 is 0.543 bits per heavy atom. The maximum Gasteiger partial charge on any atom is 0.127 e. The van der Waals surface area contributed by atoms with Gasteiger partial charge in [-0.3, -0.25) is 0 Å². The summed E-state index contributed by atoms with van der Waals surface area (Å²) in [5.41, 5.74) is 1.83. The highest BCUT2D eigenvalue weighted by Crippen LogP contribution is 2.50. The van der Waals surface area contributed by atoms with Crippen molar-refractivity contribution in [2.45, 2.75) is 13.8 Å². The smallest absolute Gasteiger partial charge is 0.127 e. The number of hydrogen-bond acceptors (Lipinski definition) is 5. The van der Waals surface area contributed by atoms with Crippen LogP contribution >= 0.6 is 0 Å². The normalized spacial score (nSPS) is 11.4. The lowest BCUT2D eigenvalue weighted by Crippen LogP contribution is -2.17. The molecule has 0 aliphatic rings. The first-order valence-electron chi connectivity index (χ1n) is 10.9. The molecule has 0 unspecified atom stereocenters. The van der Waals surface area contributed by atoms with Gasteiger partial charge in [-0.1, -0.05) is 48.5 Å². The van der Waals surface area contributed by atoms with Crippen molar-refractivity contribution in [3.8, 4) is 51.0 Å². The standard InChI is InChI=1S/C28H20B2O5/c1-12-13(2)25(32)20-18(24(12)31)11-14-7-3-4-8-15(14)19(20)16-9-5-6-10-17(16)21-26(33)22(29)28(35)23(30)27(21)34/h3-11,31-35H,1-2H3. The fourth-order valence-electron chi connectivity index (χ4n) is 4.73. The summed E-state index contributed by atoms with van der Waals surface area (Å²) in [6.45, 7) is 3.47. The van der Waals surface area contributed by atoms with Crippen molar-refractivity contribution in [2.75, 3.05) is 0 Å². The molecule has 5 rings (SSSR count). The maximum absolute atomic E-state index is 11.3. The van der Waals surface area contributed by atoms with E-state index >= 15 is 0 Å². The second-order valence-electron chi connectivity index (χ2n) is 8.64. The molecule has 35 heavy (non-hydrogen) atoms. The minimum Gasteiger partial charge on any atom is -0.509 e. The Morgan fingerprint density at radius 3 is 1.69 bits per heavy atom. The molecule has 0 fully saturated rings. The van der Waals surface area contributed by atoms with Gasteiger partial charge in [0.1, 0.15) is 44.4 Å². The van der Waals surface area contributed by atoms with Crippen LogP contribution < -0.4 is 10.9 Å². The molecule has 0 saturated carbocycles. The molecule has 168 valence electrons. The van der Waals surface area contributed by atoms with Crippen molar-refractivity contribution >= 4 is 48.2 Å². The molecule has 0 bridgehead atoms. The molecule has 0 heterocycles. The van der Waals surface area contributed by atoms with E-state index in [1.807, 2.05) is 30.3 Å². The van der Waals surface area contributed by atoms with Gasteiger partial charge in [0, 0.05) is 16.3 Å². The maximum atomic E-state index is 11.3. The fourth-order valence-corrected chi connectivity index (χ4v) is 4.73. The zero-order chi connectivity index (χ0) is 25.2. The molecule has 0 atom stereocenters. The van der Waals surface area contributed by atoms with Gasteiger partial charge in [0.05, 0.1) is 5.56 Å². The van der Waals surface area contributed by atoms with Gasteiger partial charge in [-0.15, -0.1) is 0 Å². The summed E-state index contributed by atoms with van der Waals surface area (Å²) in [6.07, 6.45) is 0. The Hall–Kier alpha value is -4.25. The zero-order valence-corrected chi connectivity index (χ0v) is 19.1. The van der Waals surface area contributed by atoms with Crippen LogP contribution in [0.5, 0.6) is 28.7 Å². The van der Waals surface area contributed by atoms with Crippen molar-refractivity contribution in [2.24, 2.45) is 0 Å². The van der Waals surface area contributed by atoms with Crippen LogP contribution in [0.2, 0.25) is 0 Å². The highest BCUT2D eigenvalue weighted by atomic mass is 16.3. The molecular formula is C28H20B2O5. The third kappa shape index (κ3) is 3.12. The molecule has 5 nitrogen and oxygen atoms in total. The molecular weight excluding hydrogens is 438 g/mol. The van der Waals surface area contributed by atoms with E-state index in [1.165, 1.54) is 0 Å². The van der Waals surface area contributed by atoms with Crippen molar-refractivity contribution in [1.82, 2.24) is 0 Å². The minimum absolute atomic E-state index is 0.0176. The van der Waals surface area contributed by atoms with Crippen LogP contribution in [-0.4, -0.2) is 41.2 Å². The Balaban J connectivity index is 2.03. The third-order valence-electron chi connectivity index (χ3n) is 6.77. The van der Waals surface area contributed by atoms with Crippen molar-refractivity contribution in [3.05, 3.63) is 65.7 Å². The van der Waals surface area contributed by atoms with Crippen molar-refractivity contribution in [3.63, 3.8) is 0 Å². The summed E-state index contributed by atoms with van der Waals surface area (Å²) in [4.78, 5) is 0. The highest BCUT2D eigenvalue weighted by molar-refractivity contribution is 6.44. The largest absolute Gasteiger partial charge is 0.509 e. The highest BCUT2D eigenvalue weighted by Gasteiger charge is 2.25. The van der Waals surface area contributed by atoms with Gasteiger partial charge in [0.2, 0.25) is 0 Å². The quantitative estimate of drug-likeness (QED) is 0.156. The van der Waals surface area contributed by atoms with Crippen LogP contribution in [0, 0.1) is 13.8 Å². The summed E-state index contributed by atoms with van der Waals surface area (Å²) >= 11 is 0. The van der Waals surface area contributed by atoms with Gasteiger partial charge in [-0.2, -0.15) is 0 Å². The first-order valence-corrected chi connectivity index (χ1v) is 10.9. The number of rotatable bonds is 2. The number of aromatic hydroxyl groups is 5. The first kappa shape index (κ1) is 22.5. The van der Waals surface area contributed by atoms with Gasteiger partial charge in [-0.25, -0.2) is 0 Å². The molecule has 5 aromatic rings. The zero-order valence-electron chi connectivity index (χ0n) is 19.1. The van der Waals surface area contributed by atoms with Crippen LogP contribution in [0.1, 0.15) is 11.1 Å². The van der Waals surface area contributed by atoms with E-state index in [0.717, 1.165) is 10.8 Å². The molecule has 0 spiro atoms. The summed E-state index contributed by atoms with van der Waals surface area (Å²) in [5.74, 6) is -1.58. The summed E-state index contributed by atoms with van der Waals surface area (Å²) in [7, 11) is 11.8. The molecule has 0 aromatic heterocycles. The monoisotopic (exact) mass is 458 g/mol. The number of phenols is 5. The SMILES string of the molecule is [B]c1c(O)c([B])c(O)c(-c2ccccc2-c2c3ccccc3cc3c(O)c(C)c(C)c(O)c23)c1O. The second-order valence-corrected chi connectivity index (χ2v) is 8.64. The lowest BCUT2D eigenvalue weighted by Gasteiger charge is -2.21. The predicted molar refractivity (Wildman–Crippen MR) is 141 cm³/mol. The van der Waals surface area contributed by atoms with Crippen LogP contribution in [0.3, 0.4) is 0 Å². The van der Waals surface area contributed by atoms with Crippen LogP contribution in [0.25, 0.3) is 43.8 Å². The number of fused-ring (bicyclic) bond motifs is 2. The molecule has 7 heteroatoms. The average molecular weight is 458 g/mol. The van der Waals surface area contributed by atoms with Gasteiger partial charge >= 0.3 is 0 Å². The van der Waals surface area contributed by atoms with Crippen molar-refractivity contribution < 1.29 is 25.5 Å². The Morgan fingerprint density at radius 2 is 1.06 bits per heavy atom. The molecule has 5 N–H and O–H groups in total. The number of hydrogen-bond donors (Lipinski definition) is 5. The van der Waals surface area contributed by atoms with E-state index in [-0.39, 0.29) is 28.0 Å². The summed E-state index contributed by atoms with van der Waals surface area (Å²) < 4.78 is 0. The topological polar surface area (TPSA) is 101 Å². The second kappa shape index (κ2) is 7.91. The lowest BCUT2D eigenvalue weighted by molar-refractivity contribution is 0.442. The molecule has 0 aliphatic carbocycles. The molecule has 0 amide bonds. The van der Waals surface area contributed by atoms with Crippen LogP contribution in [-0.2, 0) is 0 Å². The number of phenolic OH excluding ortho intramolecular Hbond substituents is 5. The third-order valence-corrected chi connectivity index (χ3v) is 6.77. The summed E-state index contributed by atoms with van der Waals surface area (Å²) in [5, 5.41) is 56.5. The Labute approximate surface area is 204 Å². The van der Waals surface area contributed by atoms with E-state index in [1.54, 1.807) is 38.1 Å². The van der Waals surface area contributed by atoms with Gasteiger partial charge in [0.25, 0.3) is 0 Å². The van der Waals surface area contributed by atoms with Gasteiger partial charge < -0.3 is 25.5 Å². The van der Waals surface area contributed by atoms with E-state index in [4.69, 9.17) is 15.7 Å². The Bertz CT molecular complexity index is 1660. The van der Waals surface area contributed by atoms with Gasteiger partial charge in [0.15, 0.2) is 0 Å². The van der Waals surface area contributed by atoms with Crippen molar-refractivity contribution in [1.29, 1.82) is 0 Å².